The number of ether oxygens (including phenoxy) is 2. The van der Waals surface area contributed by atoms with E-state index >= 15 is 0 Å². The molecule has 0 spiro atoms. The normalized spacial score (nSPS) is 15.5. The SMILES string of the molecule is COC(=O)c1ccc2c(C3CCCCC3)c(-c3cc(F)ccc3NC(=O)CCl)[nH]c2c1.COC(=O)c1ccc2c(C3CCCCC3)c3n(c2c1)CC(=O)Nc1ccc(F)cc1-3. The molecule has 6 aromatic rings. The lowest BCUT2D eigenvalue weighted by Gasteiger charge is -2.23. The van der Waals surface area contributed by atoms with Gasteiger partial charge in [-0.05, 0) is 109 Å². The molecule has 316 valence electrons. The minimum absolute atomic E-state index is 0.111. The molecule has 10 nitrogen and oxygen atoms in total. The summed E-state index contributed by atoms with van der Waals surface area (Å²) >= 11 is 5.67. The van der Waals surface area contributed by atoms with Crippen molar-refractivity contribution < 1.29 is 37.4 Å². The van der Waals surface area contributed by atoms with E-state index in [1.54, 1.807) is 36.4 Å². The number of esters is 2. The molecule has 0 atom stereocenters. The lowest BCUT2D eigenvalue weighted by molar-refractivity contribution is -0.116. The molecule has 0 bridgehead atoms. The van der Waals surface area contributed by atoms with Crippen LogP contribution < -0.4 is 10.6 Å². The standard InChI is InChI=1S/C24H24ClFN2O3.C24H23FN2O3/c1-31-24(30)15-7-9-17-20(11-15)28-23(22(17)14-5-3-2-4-6-14)18-12-16(26)8-10-19(18)27-21(29)13-25;1-30-24(29)15-7-9-17-20(11-15)27-13-21(28)26-19-10-8-16(25)12-18(19)23(27)22(17)14-5-3-2-4-6-14/h7-12,14,28H,2-6,13H2,1H3,(H,27,29);7-12,14H,2-6,13H2,1H3,(H,26,28). The molecule has 2 saturated carbocycles. The third kappa shape index (κ3) is 8.38. The Morgan fingerprint density at radius 1 is 0.738 bits per heavy atom. The highest BCUT2D eigenvalue weighted by Crippen LogP contribution is 2.47. The van der Waals surface area contributed by atoms with Crippen molar-refractivity contribution in [3.63, 3.8) is 0 Å². The van der Waals surface area contributed by atoms with E-state index in [9.17, 15) is 28.0 Å². The van der Waals surface area contributed by atoms with E-state index in [2.05, 4.69) is 15.6 Å². The van der Waals surface area contributed by atoms with Gasteiger partial charge in [-0.15, -0.1) is 11.6 Å². The highest BCUT2D eigenvalue weighted by molar-refractivity contribution is 6.29. The Balaban J connectivity index is 0.000000168. The lowest BCUT2D eigenvalue weighted by Crippen LogP contribution is -2.16. The van der Waals surface area contributed by atoms with Crippen molar-refractivity contribution in [2.24, 2.45) is 0 Å². The summed E-state index contributed by atoms with van der Waals surface area (Å²) in [6, 6.07) is 19.7. The van der Waals surface area contributed by atoms with Gasteiger partial charge in [0.15, 0.2) is 0 Å². The Morgan fingerprint density at radius 3 is 1.97 bits per heavy atom. The van der Waals surface area contributed by atoms with Crippen LogP contribution >= 0.6 is 11.6 Å². The van der Waals surface area contributed by atoms with Crippen molar-refractivity contribution in [1.82, 2.24) is 9.55 Å². The van der Waals surface area contributed by atoms with Crippen molar-refractivity contribution in [3.8, 4) is 22.5 Å². The predicted molar refractivity (Wildman–Crippen MR) is 233 cm³/mol. The highest BCUT2D eigenvalue weighted by Gasteiger charge is 2.31. The van der Waals surface area contributed by atoms with Gasteiger partial charge in [0.1, 0.15) is 24.1 Å². The molecule has 4 aromatic carbocycles. The molecule has 3 N–H and O–H groups in total. The Bertz CT molecular complexity index is 2680. The number of amides is 2. The Labute approximate surface area is 356 Å². The second-order valence-corrected chi connectivity index (χ2v) is 16.3. The van der Waals surface area contributed by atoms with Crippen LogP contribution in [-0.2, 0) is 25.6 Å². The minimum atomic E-state index is -0.420. The smallest absolute Gasteiger partial charge is 0.337 e. The summed E-state index contributed by atoms with van der Waals surface area (Å²) < 4.78 is 40.2. The van der Waals surface area contributed by atoms with Crippen molar-refractivity contribution >= 4 is 68.5 Å². The number of rotatable bonds is 7. The number of halogens is 3. The number of carbonyl (C=O) groups is 4. The van der Waals surface area contributed by atoms with Crippen molar-refractivity contribution in [2.45, 2.75) is 82.6 Å². The molecule has 2 fully saturated rings. The number of anilines is 2. The number of H-pyrrole nitrogens is 1. The summed E-state index contributed by atoms with van der Waals surface area (Å²) in [5.41, 5.74) is 8.71. The summed E-state index contributed by atoms with van der Waals surface area (Å²) in [5, 5.41) is 7.69. The van der Waals surface area contributed by atoms with Gasteiger partial charge in [-0.25, -0.2) is 18.4 Å². The molecule has 3 heterocycles. The first-order chi connectivity index (χ1) is 29.6. The number of carbonyl (C=O) groups excluding carboxylic acids is 4. The average Bonchev–Trinajstić information content (AvgIpc) is 3.78. The van der Waals surface area contributed by atoms with Crippen LogP contribution in [0.3, 0.4) is 0 Å². The molecular formula is C48H47ClF2N4O6. The largest absolute Gasteiger partial charge is 0.465 e. The zero-order valence-electron chi connectivity index (χ0n) is 34.1. The molecular weight excluding hydrogens is 802 g/mol. The fraction of sp³-hybridized carbons (Fsp3) is 0.333. The summed E-state index contributed by atoms with van der Waals surface area (Å²) in [6.45, 7) is 0.111. The molecule has 2 aliphatic carbocycles. The maximum atomic E-state index is 14.3. The Morgan fingerprint density at radius 2 is 1.33 bits per heavy atom. The zero-order chi connectivity index (χ0) is 42.8. The van der Waals surface area contributed by atoms with E-state index in [1.807, 2.05) is 16.7 Å². The van der Waals surface area contributed by atoms with E-state index in [0.717, 1.165) is 95.7 Å². The second-order valence-electron chi connectivity index (χ2n) is 16.0. The van der Waals surface area contributed by atoms with Crippen LogP contribution in [0.4, 0.5) is 20.2 Å². The van der Waals surface area contributed by atoms with Crippen molar-refractivity contribution in [1.29, 1.82) is 0 Å². The van der Waals surface area contributed by atoms with Gasteiger partial charge in [-0.1, -0.05) is 50.7 Å². The quantitative estimate of drug-likeness (QED) is 0.108. The van der Waals surface area contributed by atoms with E-state index < -0.39 is 17.8 Å². The number of aromatic amines is 1. The number of fused-ring (bicyclic) bond motifs is 6. The number of benzene rings is 4. The third-order valence-corrected chi connectivity index (χ3v) is 12.5. The summed E-state index contributed by atoms with van der Waals surface area (Å²) in [7, 11) is 2.70. The molecule has 2 amide bonds. The van der Waals surface area contributed by atoms with Gasteiger partial charge in [0.05, 0.1) is 53.6 Å². The highest BCUT2D eigenvalue weighted by atomic mass is 35.5. The number of nitrogens with zero attached hydrogens (tertiary/aromatic N) is 1. The van der Waals surface area contributed by atoms with Gasteiger partial charge in [0.25, 0.3) is 0 Å². The summed E-state index contributed by atoms with van der Waals surface area (Å²) in [4.78, 5) is 52.2. The van der Waals surface area contributed by atoms with Gasteiger partial charge in [-0.3, -0.25) is 9.59 Å². The van der Waals surface area contributed by atoms with E-state index in [0.29, 0.717) is 45.5 Å². The Kier molecular flexibility index (Phi) is 12.3. The third-order valence-electron chi connectivity index (χ3n) is 12.3. The number of methoxy groups -OCH3 is 2. The molecule has 3 aliphatic rings. The first kappa shape index (κ1) is 41.7. The molecule has 2 aromatic heterocycles. The molecule has 0 radical (unpaired) electrons. The average molecular weight is 849 g/mol. The van der Waals surface area contributed by atoms with Crippen LogP contribution in [-0.4, -0.2) is 53.4 Å². The predicted octanol–water partition coefficient (Wildman–Crippen LogP) is 11.2. The van der Waals surface area contributed by atoms with Crippen LogP contribution in [0.15, 0.2) is 72.8 Å². The Hall–Kier alpha value is -6.01. The van der Waals surface area contributed by atoms with E-state index in [1.165, 1.54) is 51.3 Å². The van der Waals surface area contributed by atoms with Crippen LogP contribution in [0.2, 0.25) is 0 Å². The number of hydrogen-bond acceptors (Lipinski definition) is 6. The van der Waals surface area contributed by atoms with Crippen molar-refractivity contribution in [3.05, 3.63) is 107 Å². The maximum absolute atomic E-state index is 14.3. The molecule has 9 rings (SSSR count). The number of aromatic nitrogens is 2. The molecule has 61 heavy (non-hydrogen) atoms. The van der Waals surface area contributed by atoms with E-state index in [4.69, 9.17) is 21.1 Å². The minimum Gasteiger partial charge on any atom is -0.465 e. The first-order valence-corrected chi connectivity index (χ1v) is 21.4. The fourth-order valence-electron chi connectivity index (χ4n) is 9.54. The molecule has 13 heteroatoms. The van der Waals surface area contributed by atoms with Crippen LogP contribution in [0.1, 0.15) is 108 Å². The number of hydrogen-bond donors (Lipinski definition) is 3. The summed E-state index contributed by atoms with van der Waals surface area (Å²) in [6.07, 6.45) is 11.2. The van der Waals surface area contributed by atoms with Gasteiger partial charge in [-0.2, -0.15) is 0 Å². The van der Waals surface area contributed by atoms with E-state index in [-0.39, 0.29) is 30.1 Å². The lowest BCUT2D eigenvalue weighted by atomic mass is 9.81. The van der Waals surface area contributed by atoms with Crippen molar-refractivity contribution in [2.75, 3.05) is 30.7 Å². The molecule has 0 unspecified atom stereocenters. The molecule has 0 saturated heterocycles. The van der Waals surface area contributed by atoms with Gasteiger partial charge in [0, 0.05) is 27.4 Å². The second kappa shape index (κ2) is 17.9. The summed E-state index contributed by atoms with van der Waals surface area (Å²) in [5.74, 6) is -1.66. The topological polar surface area (TPSA) is 132 Å². The van der Waals surface area contributed by atoms with Crippen LogP contribution in [0.5, 0.6) is 0 Å². The first-order valence-electron chi connectivity index (χ1n) is 20.8. The number of alkyl halides is 1. The fourth-order valence-corrected chi connectivity index (χ4v) is 9.61. The maximum Gasteiger partial charge on any atom is 0.337 e. The van der Waals surface area contributed by atoms with Crippen LogP contribution in [0, 0.1) is 11.6 Å². The number of nitrogens with one attached hydrogen (secondary N) is 3. The van der Waals surface area contributed by atoms with Gasteiger partial charge in [0.2, 0.25) is 11.8 Å². The zero-order valence-corrected chi connectivity index (χ0v) is 34.9. The monoisotopic (exact) mass is 848 g/mol. The van der Waals surface area contributed by atoms with Crippen LogP contribution in [0.25, 0.3) is 44.3 Å². The van der Waals surface area contributed by atoms with Gasteiger partial charge >= 0.3 is 11.9 Å². The van der Waals surface area contributed by atoms with Gasteiger partial charge < -0.3 is 29.7 Å². The molecule has 1 aliphatic heterocycles.